The van der Waals surface area contributed by atoms with Crippen molar-refractivity contribution in [3.8, 4) is 0 Å². The molecule has 1 amide bonds. The smallest absolute Gasteiger partial charge is 0.267 e. The second kappa shape index (κ2) is 4.59. The Kier molecular flexibility index (Phi) is 3.15. The second-order valence-corrected chi connectivity index (χ2v) is 4.15. The maximum absolute atomic E-state index is 11.8. The van der Waals surface area contributed by atoms with E-state index in [2.05, 4.69) is 16.4 Å². The van der Waals surface area contributed by atoms with Crippen LogP contribution in [0.5, 0.6) is 0 Å². The molecule has 0 aliphatic carbocycles. The van der Waals surface area contributed by atoms with Crippen LogP contribution in [-0.4, -0.2) is 24.5 Å². The van der Waals surface area contributed by atoms with Crippen molar-refractivity contribution in [2.75, 3.05) is 13.6 Å². The van der Waals surface area contributed by atoms with E-state index in [1.807, 2.05) is 19.1 Å². The molecule has 0 radical (unpaired) electrons. The van der Waals surface area contributed by atoms with Crippen LogP contribution in [0.2, 0.25) is 0 Å². The minimum Gasteiger partial charge on any atom is -0.354 e. The zero-order chi connectivity index (χ0) is 12.4. The number of nitrogens with one attached hydrogen (secondary N) is 2. The largest absolute Gasteiger partial charge is 0.354 e. The third-order valence-electron chi connectivity index (χ3n) is 2.91. The highest BCUT2D eigenvalue weighted by atomic mass is 16.1. The van der Waals surface area contributed by atoms with Crippen LogP contribution in [-0.2, 0) is 6.42 Å². The van der Waals surface area contributed by atoms with Gasteiger partial charge in [0.25, 0.3) is 5.91 Å². The van der Waals surface area contributed by atoms with Crippen LogP contribution in [0.1, 0.15) is 21.6 Å². The number of nitrogens with two attached hydrogens (primary N) is 1. The molecular formula is C13H17N3O. The van der Waals surface area contributed by atoms with E-state index in [0.29, 0.717) is 18.7 Å². The van der Waals surface area contributed by atoms with Gasteiger partial charge >= 0.3 is 0 Å². The number of aromatic nitrogens is 1. The first-order chi connectivity index (χ1) is 8.17. The molecule has 1 aromatic carbocycles. The highest BCUT2D eigenvalue weighted by Crippen LogP contribution is 2.24. The fraction of sp³-hybridized carbons (Fsp3) is 0.308. The first-order valence-corrected chi connectivity index (χ1v) is 5.70. The molecule has 90 valence electrons. The third-order valence-corrected chi connectivity index (χ3v) is 2.91. The Morgan fingerprint density at radius 3 is 2.88 bits per heavy atom. The van der Waals surface area contributed by atoms with E-state index in [1.165, 1.54) is 5.56 Å². The van der Waals surface area contributed by atoms with Crippen molar-refractivity contribution in [2.24, 2.45) is 5.73 Å². The molecule has 0 atom stereocenters. The number of carbonyl (C=O) groups is 1. The van der Waals surface area contributed by atoms with E-state index in [0.717, 1.165) is 16.5 Å². The van der Waals surface area contributed by atoms with Crippen LogP contribution in [0.4, 0.5) is 0 Å². The van der Waals surface area contributed by atoms with E-state index >= 15 is 0 Å². The predicted molar refractivity (Wildman–Crippen MR) is 69.2 cm³/mol. The average molecular weight is 231 g/mol. The highest BCUT2D eigenvalue weighted by Gasteiger charge is 2.15. The normalized spacial score (nSPS) is 10.8. The average Bonchev–Trinajstić information content (AvgIpc) is 2.67. The van der Waals surface area contributed by atoms with Crippen molar-refractivity contribution < 1.29 is 4.79 Å². The molecule has 0 unspecified atom stereocenters. The lowest BCUT2D eigenvalue weighted by Crippen LogP contribution is -2.20. The lowest BCUT2D eigenvalue weighted by atomic mass is 10.1. The van der Waals surface area contributed by atoms with E-state index in [9.17, 15) is 4.79 Å². The molecule has 0 aliphatic rings. The molecule has 0 fully saturated rings. The van der Waals surface area contributed by atoms with E-state index in [-0.39, 0.29) is 5.91 Å². The van der Waals surface area contributed by atoms with Crippen molar-refractivity contribution in [3.63, 3.8) is 0 Å². The van der Waals surface area contributed by atoms with Gasteiger partial charge in [0, 0.05) is 18.0 Å². The highest BCUT2D eigenvalue weighted by molar-refractivity contribution is 6.01. The summed E-state index contributed by atoms with van der Waals surface area (Å²) in [4.78, 5) is 14.9. The van der Waals surface area contributed by atoms with Crippen LogP contribution in [0, 0.1) is 6.92 Å². The fourth-order valence-corrected chi connectivity index (χ4v) is 2.08. The lowest BCUT2D eigenvalue weighted by molar-refractivity contribution is 0.0958. The summed E-state index contributed by atoms with van der Waals surface area (Å²) in [6.45, 7) is 2.57. The predicted octanol–water partition coefficient (Wildman–Crippen LogP) is 1.34. The number of aromatic amines is 1. The molecule has 17 heavy (non-hydrogen) atoms. The van der Waals surface area contributed by atoms with Gasteiger partial charge in [0.15, 0.2) is 0 Å². The number of benzene rings is 1. The monoisotopic (exact) mass is 231 g/mol. The van der Waals surface area contributed by atoms with Gasteiger partial charge in [0.05, 0.1) is 0 Å². The molecule has 0 saturated heterocycles. The molecule has 4 N–H and O–H groups in total. The molecule has 2 aromatic rings. The van der Waals surface area contributed by atoms with Crippen LogP contribution >= 0.6 is 0 Å². The maximum Gasteiger partial charge on any atom is 0.267 e. The van der Waals surface area contributed by atoms with Crippen molar-refractivity contribution in [3.05, 3.63) is 35.0 Å². The van der Waals surface area contributed by atoms with Gasteiger partial charge in [-0.05, 0) is 37.6 Å². The fourth-order valence-electron chi connectivity index (χ4n) is 2.08. The zero-order valence-corrected chi connectivity index (χ0v) is 10.1. The first kappa shape index (κ1) is 11.7. The van der Waals surface area contributed by atoms with Gasteiger partial charge in [-0.15, -0.1) is 0 Å². The summed E-state index contributed by atoms with van der Waals surface area (Å²) in [5, 5.41) is 3.74. The SMILES string of the molecule is CNC(=O)c1[nH]c2ccc(C)cc2c1CCN. The van der Waals surface area contributed by atoms with E-state index < -0.39 is 0 Å². The van der Waals surface area contributed by atoms with Crippen molar-refractivity contribution >= 4 is 16.8 Å². The maximum atomic E-state index is 11.8. The van der Waals surface area contributed by atoms with Gasteiger partial charge in [-0.1, -0.05) is 11.6 Å². The number of amides is 1. The molecule has 1 heterocycles. The van der Waals surface area contributed by atoms with Gasteiger partial charge in [-0.3, -0.25) is 4.79 Å². The first-order valence-electron chi connectivity index (χ1n) is 5.70. The molecule has 0 bridgehead atoms. The van der Waals surface area contributed by atoms with Gasteiger partial charge in [-0.25, -0.2) is 0 Å². The van der Waals surface area contributed by atoms with Gasteiger partial charge in [0.1, 0.15) is 5.69 Å². The number of H-pyrrole nitrogens is 1. The van der Waals surface area contributed by atoms with Crippen LogP contribution in [0.25, 0.3) is 10.9 Å². The number of carbonyl (C=O) groups excluding carboxylic acids is 1. The third kappa shape index (κ3) is 2.03. The quantitative estimate of drug-likeness (QED) is 0.746. The molecule has 0 aliphatic heterocycles. The molecule has 4 heteroatoms. The Labute approximate surface area is 100 Å². The standard InChI is InChI=1S/C13H17N3O/c1-8-3-4-11-10(7-8)9(5-6-14)12(16-11)13(17)15-2/h3-4,7,16H,5-6,14H2,1-2H3,(H,15,17). The van der Waals surface area contributed by atoms with E-state index in [4.69, 9.17) is 5.73 Å². The van der Waals surface area contributed by atoms with Gasteiger partial charge in [-0.2, -0.15) is 0 Å². The Hall–Kier alpha value is -1.81. The number of rotatable bonds is 3. The summed E-state index contributed by atoms with van der Waals surface area (Å²) < 4.78 is 0. The Bertz CT molecular complexity index is 557. The summed E-state index contributed by atoms with van der Waals surface area (Å²) in [7, 11) is 1.63. The number of fused-ring (bicyclic) bond motifs is 1. The summed E-state index contributed by atoms with van der Waals surface area (Å²) in [5.74, 6) is -0.0951. The van der Waals surface area contributed by atoms with Crippen LogP contribution in [0.3, 0.4) is 0 Å². The topological polar surface area (TPSA) is 70.9 Å². The van der Waals surface area contributed by atoms with Crippen LogP contribution in [0.15, 0.2) is 18.2 Å². The summed E-state index contributed by atoms with van der Waals surface area (Å²) in [5.41, 5.74) is 9.41. The molecule has 4 nitrogen and oxygen atoms in total. The number of hydrogen-bond acceptors (Lipinski definition) is 2. The zero-order valence-electron chi connectivity index (χ0n) is 10.1. The van der Waals surface area contributed by atoms with E-state index in [1.54, 1.807) is 7.05 Å². The van der Waals surface area contributed by atoms with Gasteiger partial charge < -0.3 is 16.0 Å². The molecule has 2 rings (SSSR count). The minimum atomic E-state index is -0.0951. The Morgan fingerprint density at radius 1 is 1.47 bits per heavy atom. The Balaban J connectivity index is 2.66. The Morgan fingerprint density at radius 2 is 2.24 bits per heavy atom. The number of hydrogen-bond donors (Lipinski definition) is 3. The van der Waals surface area contributed by atoms with Crippen LogP contribution < -0.4 is 11.1 Å². The molecule has 0 saturated carbocycles. The van der Waals surface area contributed by atoms with Gasteiger partial charge in [0.2, 0.25) is 0 Å². The summed E-state index contributed by atoms with van der Waals surface area (Å²) in [6, 6.07) is 6.11. The summed E-state index contributed by atoms with van der Waals surface area (Å²) >= 11 is 0. The molecule has 1 aromatic heterocycles. The lowest BCUT2D eigenvalue weighted by Gasteiger charge is -2.02. The molecular weight excluding hydrogens is 214 g/mol. The van der Waals surface area contributed by atoms with Crippen molar-refractivity contribution in [1.29, 1.82) is 0 Å². The number of aryl methyl sites for hydroxylation is 1. The molecule has 0 spiro atoms. The van der Waals surface area contributed by atoms with Crippen molar-refractivity contribution in [1.82, 2.24) is 10.3 Å². The second-order valence-electron chi connectivity index (χ2n) is 4.15. The summed E-state index contributed by atoms with van der Waals surface area (Å²) in [6.07, 6.45) is 0.701. The minimum absolute atomic E-state index is 0.0951. The van der Waals surface area contributed by atoms with Crippen molar-refractivity contribution in [2.45, 2.75) is 13.3 Å².